The number of rotatable bonds is 5. The van der Waals surface area contributed by atoms with E-state index in [9.17, 15) is 18.0 Å². The van der Waals surface area contributed by atoms with Gasteiger partial charge in [-0.1, -0.05) is 6.08 Å². The maximum atomic E-state index is 12.1. The van der Waals surface area contributed by atoms with Crippen LogP contribution in [0.5, 0.6) is 0 Å². The van der Waals surface area contributed by atoms with Crippen molar-refractivity contribution in [3.63, 3.8) is 0 Å². The lowest BCUT2D eigenvalue weighted by Crippen LogP contribution is -2.36. The molecule has 0 unspecified atom stereocenters. The number of hydrogen-bond donors (Lipinski definition) is 1. The molecule has 0 spiro atoms. The molecule has 1 fully saturated rings. The molecule has 8 heteroatoms. The molecule has 2 rings (SSSR count). The number of halogens is 3. The molecule has 1 aromatic rings. The fraction of sp³-hybridized carbons (Fsp3) is 0.533. The van der Waals surface area contributed by atoms with Gasteiger partial charge in [-0.3, -0.25) is 9.78 Å². The number of allylic oxidation sites excluding steroid dienone is 1. The highest BCUT2D eigenvalue weighted by molar-refractivity contribution is 5.70. The molecular formula is C15H18F3N3O2. The first kappa shape index (κ1) is 17.2. The number of hydrogen-bond acceptors (Lipinski definition) is 4. The van der Waals surface area contributed by atoms with Crippen LogP contribution in [0, 0.1) is 5.92 Å². The Kier molecular flexibility index (Phi) is 5.57. The van der Waals surface area contributed by atoms with Crippen molar-refractivity contribution in [3.05, 3.63) is 24.2 Å². The zero-order valence-corrected chi connectivity index (χ0v) is 12.5. The monoisotopic (exact) mass is 329 g/mol. The maximum Gasteiger partial charge on any atom is 0.389 e. The summed E-state index contributed by atoms with van der Waals surface area (Å²) < 4.78 is 36.2. The Bertz CT molecular complexity index is 567. The Hall–Kier alpha value is -2.12. The number of piperidine rings is 1. The number of carboxylic acids is 1. The molecule has 1 aromatic heterocycles. The lowest BCUT2D eigenvalue weighted by atomic mass is 9.97. The predicted molar refractivity (Wildman–Crippen MR) is 78.9 cm³/mol. The maximum absolute atomic E-state index is 12.1. The predicted octanol–water partition coefficient (Wildman–Crippen LogP) is 3.13. The van der Waals surface area contributed by atoms with Crippen LogP contribution in [0.1, 0.15) is 31.4 Å². The van der Waals surface area contributed by atoms with Crippen LogP contribution in [0.2, 0.25) is 0 Å². The summed E-state index contributed by atoms with van der Waals surface area (Å²) in [7, 11) is 0. The van der Waals surface area contributed by atoms with Crippen LogP contribution in [0.4, 0.5) is 19.0 Å². The van der Waals surface area contributed by atoms with Gasteiger partial charge in [0.2, 0.25) is 0 Å². The van der Waals surface area contributed by atoms with Gasteiger partial charge in [0.25, 0.3) is 0 Å². The third kappa shape index (κ3) is 5.54. The third-order valence-corrected chi connectivity index (χ3v) is 3.69. The van der Waals surface area contributed by atoms with Crippen molar-refractivity contribution >= 4 is 17.9 Å². The van der Waals surface area contributed by atoms with Gasteiger partial charge in [0.1, 0.15) is 5.82 Å². The molecule has 1 saturated heterocycles. The second-order valence-corrected chi connectivity index (χ2v) is 5.46. The third-order valence-electron chi connectivity index (χ3n) is 3.69. The molecule has 0 atom stereocenters. The minimum Gasteiger partial charge on any atom is -0.481 e. The number of aliphatic carboxylic acids is 1. The molecule has 126 valence electrons. The number of alkyl halides is 3. The Morgan fingerprint density at radius 2 is 2.04 bits per heavy atom. The summed E-state index contributed by atoms with van der Waals surface area (Å²) in [5.74, 6) is -0.492. The van der Waals surface area contributed by atoms with Crippen molar-refractivity contribution < 1.29 is 23.1 Å². The van der Waals surface area contributed by atoms with Crippen LogP contribution in [0.3, 0.4) is 0 Å². The number of nitrogens with zero attached hydrogens (tertiary/aromatic N) is 3. The summed E-state index contributed by atoms with van der Waals surface area (Å²) in [5, 5.41) is 8.98. The minimum atomic E-state index is -4.16. The van der Waals surface area contributed by atoms with Crippen LogP contribution in [0.15, 0.2) is 18.5 Å². The summed E-state index contributed by atoms with van der Waals surface area (Å²) in [6.07, 6.45) is 1.98. The summed E-state index contributed by atoms with van der Waals surface area (Å²) in [6, 6.07) is 0. The van der Waals surface area contributed by atoms with Gasteiger partial charge in [-0.25, -0.2) is 4.98 Å². The average Bonchev–Trinajstić information content (AvgIpc) is 2.51. The first-order chi connectivity index (χ1) is 10.8. The average molecular weight is 329 g/mol. The van der Waals surface area contributed by atoms with E-state index in [2.05, 4.69) is 9.97 Å². The molecule has 0 bridgehead atoms. The molecule has 1 N–H and O–H groups in total. The second-order valence-electron chi connectivity index (χ2n) is 5.46. The summed E-state index contributed by atoms with van der Waals surface area (Å²) in [4.78, 5) is 21.3. The number of carboxylic acid groups (broad SMARTS) is 1. The van der Waals surface area contributed by atoms with E-state index < -0.39 is 18.6 Å². The lowest BCUT2D eigenvalue weighted by Gasteiger charge is -2.30. The first-order valence-electron chi connectivity index (χ1n) is 7.38. The Labute approximate surface area is 131 Å². The van der Waals surface area contributed by atoms with E-state index >= 15 is 0 Å². The fourth-order valence-electron chi connectivity index (χ4n) is 2.41. The van der Waals surface area contributed by atoms with Crippen molar-refractivity contribution in [2.45, 2.75) is 31.9 Å². The number of anilines is 1. The minimum absolute atomic E-state index is 0.0978. The van der Waals surface area contributed by atoms with Gasteiger partial charge in [0.15, 0.2) is 0 Å². The van der Waals surface area contributed by atoms with E-state index in [0.29, 0.717) is 37.4 Å². The summed E-state index contributed by atoms with van der Waals surface area (Å²) in [5.41, 5.74) is 0.491. The smallest absolute Gasteiger partial charge is 0.389 e. The van der Waals surface area contributed by atoms with Crippen molar-refractivity contribution in [2.24, 2.45) is 5.92 Å². The summed E-state index contributed by atoms with van der Waals surface area (Å²) >= 11 is 0. The molecule has 1 aliphatic rings. The molecule has 5 nitrogen and oxygen atoms in total. The molecule has 0 saturated carbocycles. The Morgan fingerprint density at radius 1 is 1.35 bits per heavy atom. The standard InChI is InChI=1S/C15H18F3N3O2/c16-15(17,18)6-2-1-3-12-9-19-10-13(20-12)21-7-4-11(5-8-21)14(22)23/h1,3,9-11H,2,4-8H2,(H,22,23). The largest absolute Gasteiger partial charge is 0.481 e. The van der Waals surface area contributed by atoms with Crippen molar-refractivity contribution in [1.82, 2.24) is 9.97 Å². The van der Waals surface area contributed by atoms with Crippen LogP contribution < -0.4 is 4.90 Å². The molecule has 2 heterocycles. The molecule has 0 amide bonds. The van der Waals surface area contributed by atoms with E-state index in [1.165, 1.54) is 18.3 Å². The van der Waals surface area contributed by atoms with E-state index in [-0.39, 0.29) is 12.3 Å². The van der Waals surface area contributed by atoms with E-state index in [1.807, 2.05) is 4.90 Å². The fourth-order valence-corrected chi connectivity index (χ4v) is 2.41. The molecule has 0 aromatic carbocycles. The zero-order valence-electron chi connectivity index (χ0n) is 12.5. The van der Waals surface area contributed by atoms with Crippen molar-refractivity contribution in [1.29, 1.82) is 0 Å². The normalized spacial score (nSPS) is 16.9. The van der Waals surface area contributed by atoms with Gasteiger partial charge in [0.05, 0.1) is 24.0 Å². The van der Waals surface area contributed by atoms with Crippen molar-refractivity contribution in [2.75, 3.05) is 18.0 Å². The first-order valence-corrected chi connectivity index (χ1v) is 7.38. The molecule has 23 heavy (non-hydrogen) atoms. The van der Waals surface area contributed by atoms with Crippen LogP contribution in [0.25, 0.3) is 6.08 Å². The number of aromatic nitrogens is 2. The van der Waals surface area contributed by atoms with Gasteiger partial charge in [-0.2, -0.15) is 13.2 Å². The van der Waals surface area contributed by atoms with Crippen LogP contribution >= 0.6 is 0 Å². The lowest BCUT2D eigenvalue weighted by molar-refractivity contribution is -0.142. The van der Waals surface area contributed by atoms with E-state index in [4.69, 9.17) is 5.11 Å². The van der Waals surface area contributed by atoms with Crippen LogP contribution in [-0.2, 0) is 4.79 Å². The Morgan fingerprint density at radius 3 is 2.65 bits per heavy atom. The Balaban J connectivity index is 1.92. The van der Waals surface area contributed by atoms with E-state index in [1.54, 1.807) is 6.20 Å². The van der Waals surface area contributed by atoms with Gasteiger partial charge in [-0.05, 0) is 25.3 Å². The zero-order chi connectivity index (χ0) is 16.9. The highest BCUT2D eigenvalue weighted by atomic mass is 19.4. The quantitative estimate of drug-likeness (QED) is 0.899. The highest BCUT2D eigenvalue weighted by Gasteiger charge is 2.26. The highest BCUT2D eigenvalue weighted by Crippen LogP contribution is 2.23. The second kappa shape index (κ2) is 7.43. The SMILES string of the molecule is O=C(O)C1CCN(c2cncc(C=CCCC(F)(F)F)n2)CC1. The number of carbonyl (C=O) groups is 1. The van der Waals surface area contributed by atoms with Crippen LogP contribution in [-0.4, -0.2) is 40.3 Å². The van der Waals surface area contributed by atoms with Gasteiger partial charge in [0, 0.05) is 19.5 Å². The summed E-state index contributed by atoms with van der Waals surface area (Å²) in [6.45, 7) is 1.15. The van der Waals surface area contributed by atoms with Gasteiger partial charge < -0.3 is 10.0 Å². The van der Waals surface area contributed by atoms with Gasteiger partial charge in [-0.15, -0.1) is 0 Å². The topological polar surface area (TPSA) is 66.3 Å². The molecule has 0 aliphatic carbocycles. The molecular weight excluding hydrogens is 311 g/mol. The van der Waals surface area contributed by atoms with Crippen molar-refractivity contribution in [3.8, 4) is 0 Å². The van der Waals surface area contributed by atoms with Gasteiger partial charge >= 0.3 is 12.1 Å². The molecule has 1 aliphatic heterocycles. The van der Waals surface area contributed by atoms with E-state index in [0.717, 1.165) is 0 Å². The molecule has 0 radical (unpaired) electrons.